The normalized spacial score (nSPS) is 15.2. The summed E-state index contributed by atoms with van der Waals surface area (Å²) in [5, 5.41) is 9.12. The van der Waals surface area contributed by atoms with Gasteiger partial charge in [0.05, 0.1) is 12.2 Å². The van der Waals surface area contributed by atoms with E-state index in [9.17, 15) is 4.79 Å². The van der Waals surface area contributed by atoms with Gasteiger partial charge in [0, 0.05) is 6.42 Å². The molecule has 0 bridgehead atoms. The molecule has 0 amide bonds. The molecular formula is C9H8O3. The zero-order chi connectivity index (χ0) is 8.55. The SMILES string of the molecule is O=C1OCCc2cc(O)ccc21. The molecule has 1 N–H and O–H groups in total. The molecule has 0 aromatic heterocycles. The van der Waals surface area contributed by atoms with Gasteiger partial charge < -0.3 is 9.84 Å². The first-order valence-corrected chi connectivity index (χ1v) is 3.76. The van der Waals surface area contributed by atoms with Crippen LogP contribution in [0.3, 0.4) is 0 Å². The number of carbonyl (C=O) groups is 1. The Kier molecular flexibility index (Phi) is 1.50. The molecule has 1 heterocycles. The van der Waals surface area contributed by atoms with Crippen LogP contribution in [0.15, 0.2) is 18.2 Å². The molecule has 1 aliphatic heterocycles. The van der Waals surface area contributed by atoms with Gasteiger partial charge in [-0.15, -0.1) is 0 Å². The summed E-state index contributed by atoms with van der Waals surface area (Å²) < 4.78 is 4.82. The first-order chi connectivity index (χ1) is 5.77. The van der Waals surface area contributed by atoms with Crippen molar-refractivity contribution in [1.82, 2.24) is 0 Å². The summed E-state index contributed by atoms with van der Waals surface area (Å²) >= 11 is 0. The molecule has 12 heavy (non-hydrogen) atoms. The van der Waals surface area contributed by atoms with Gasteiger partial charge in [0.2, 0.25) is 0 Å². The highest BCUT2D eigenvalue weighted by Crippen LogP contribution is 2.21. The molecule has 1 aromatic carbocycles. The Bertz CT molecular complexity index is 331. The number of hydrogen-bond donors (Lipinski definition) is 1. The number of aromatic hydroxyl groups is 1. The molecule has 0 spiro atoms. The van der Waals surface area contributed by atoms with E-state index in [0.717, 1.165) is 5.56 Å². The Morgan fingerprint density at radius 1 is 1.42 bits per heavy atom. The highest BCUT2D eigenvalue weighted by atomic mass is 16.5. The number of ether oxygens (including phenoxy) is 1. The van der Waals surface area contributed by atoms with Crippen LogP contribution in [0.4, 0.5) is 0 Å². The Morgan fingerprint density at radius 3 is 3.08 bits per heavy atom. The zero-order valence-corrected chi connectivity index (χ0v) is 6.41. The Balaban J connectivity index is 2.53. The Hall–Kier alpha value is -1.51. The van der Waals surface area contributed by atoms with Crippen molar-refractivity contribution in [3.8, 4) is 5.75 Å². The number of hydrogen-bond acceptors (Lipinski definition) is 3. The van der Waals surface area contributed by atoms with Crippen LogP contribution in [0.1, 0.15) is 15.9 Å². The molecule has 0 unspecified atom stereocenters. The highest BCUT2D eigenvalue weighted by molar-refractivity contribution is 5.92. The van der Waals surface area contributed by atoms with Gasteiger partial charge in [-0.2, -0.15) is 0 Å². The van der Waals surface area contributed by atoms with Crippen LogP contribution in [0.25, 0.3) is 0 Å². The maximum absolute atomic E-state index is 11.1. The van der Waals surface area contributed by atoms with Crippen molar-refractivity contribution < 1.29 is 14.6 Å². The summed E-state index contributed by atoms with van der Waals surface area (Å²) in [5.74, 6) is -0.0975. The van der Waals surface area contributed by atoms with E-state index in [4.69, 9.17) is 9.84 Å². The third-order valence-corrected chi connectivity index (χ3v) is 1.91. The lowest BCUT2D eigenvalue weighted by Crippen LogP contribution is -2.17. The number of phenolic OH excluding ortho intramolecular Hbond substituents is 1. The Labute approximate surface area is 69.6 Å². The number of fused-ring (bicyclic) bond motifs is 1. The van der Waals surface area contributed by atoms with Crippen molar-refractivity contribution in [2.75, 3.05) is 6.61 Å². The summed E-state index contributed by atoms with van der Waals surface area (Å²) in [5.41, 5.74) is 1.44. The maximum atomic E-state index is 11.1. The summed E-state index contributed by atoms with van der Waals surface area (Å²) in [6.45, 7) is 0.412. The molecule has 3 nitrogen and oxygen atoms in total. The summed E-state index contributed by atoms with van der Waals surface area (Å²) in [6.07, 6.45) is 0.690. The van der Waals surface area contributed by atoms with Gasteiger partial charge in [0.1, 0.15) is 5.75 Å². The molecule has 0 aliphatic carbocycles. The summed E-state index contributed by atoms with van der Waals surface area (Å²) in [6, 6.07) is 4.69. The van der Waals surface area contributed by atoms with Crippen LogP contribution in [-0.2, 0) is 11.2 Å². The molecule has 1 aliphatic rings. The predicted molar refractivity (Wildman–Crippen MR) is 42.1 cm³/mol. The topological polar surface area (TPSA) is 46.5 Å². The van der Waals surface area contributed by atoms with Crippen LogP contribution < -0.4 is 0 Å². The highest BCUT2D eigenvalue weighted by Gasteiger charge is 2.17. The molecule has 2 rings (SSSR count). The smallest absolute Gasteiger partial charge is 0.338 e. The average Bonchev–Trinajstić information content (AvgIpc) is 2.04. The monoisotopic (exact) mass is 164 g/mol. The van der Waals surface area contributed by atoms with Crippen molar-refractivity contribution in [2.45, 2.75) is 6.42 Å². The van der Waals surface area contributed by atoms with Gasteiger partial charge in [0.15, 0.2) is 0 Å². The summed E-state index contributed by atoms with van der Waals surface area (Å²) in [4.78, 5) is 11.1. The number of phenols is 1. The minimum atomic E-state index is -0.295. The van der Waals surface area contributed by atoms with E-state index in [1.54, 1.807) is 12.1 Å². The standard InChI is InChI=1S/C9H8O3/c10-7-1-2-8-6(5-7)3-4-12-9(8)11/h1-2,5,10H,3-4H2. The second-order valence-corrected chi connectivity index (χ2v) is 2.73. The largest absolute Gasteiger partial charge is 0.508 e. The van der Waals surface area contributed by atoms with E-state index in [1.165, 1.54) is 6.07 Å². The van der Waals surface area contributed by atoms with Crippen molar-refractivity contribution in [3.63, 3.8) is 0 Å². The number of benzene rings is 1. The fourth-order valence-electron chi connectivity index (χ4n) is 1.32. The molecule has 0 fully saturated rings. The predicted octanol–water partition coefficient (Wildman–Crippen LogP) is 1.11. The first-order valence-electron chi connectivity index (χ1n) is 3.76. The van der Waals surface area contributed by atoms with E-state index in [0.29, 0.717) is 18.6 Å². The lowest BCUT2D eigenvalue weighted by Gasteiger charge is -2.14. The van der Waals surface area contributed by atoms with Gasteiger partial charge in [-0.3, -0.25) is 0 Å². The van der Waals surface area contributed by atoms with Crippen LogP contribution in [0.2, 0.25) is 0 Å². The lowest BCUT2D eigenvalue weighted by atomic mass is 10.0. The molecule has 62 valence electrons. The minimum Gasteiger partial charge on any atom is -0.508 e. The van der Waals surface area contributed by atoms with Crippen molar-refractivity contribution >= 4 is 5.97 Å². The van der Waals surface area contributed by atoms with Gasteiger partial charge in [-0.1, -0.05) is 0 Å². The second kappa shape index (κ2) is 2.52. The lowest BCUT2D eigenvalue weighted by molar-refractivity contribution is 0.0480. The fraction of sp³-hybridized carbons (Fsp3) is 0.222. The van der Waals surface area contributed by atoms with Gasteiger partial charge in [0.25, 0.3) is 0 Å². The Morgan fingerprint density at radius 2 is 2.25 bits per heavy atom. The number of cyclic esters (lactones) is 1. The fourth-order valence-corrected chi connectivity index (χ4v) is 1.32. The van der Waals surface area contributed by atoms with E-state index in [2.05, 4.69) is 0 Å². The molecule has 3 heteroatoms. The van der Waals surface area contributed by atoms with E-state index in [-0.39, 0.29) is 11.7 Å². The maximum Gasteiger partial charge on any atom is 0.338 e. The van der Waals surface area contributed by atoms with Crippen LogP contribution >= 0.6 is 0 Å². The molecular weight excluding hydrogens is 156 g/mol. The van der Waals surface area contributed by atoms with Crippen molar-refractivity contribution in [1.29, 1.82) is 0 Å². The quantitative estimate of drug-likeness (QED) is 0.584. The molecule has 0 atom stereocenters. The molecule has 0 radical (unpaired) electrons. The van der Waals surface area contributed by atoms with Crippen molar-refractivity contribution in [3.05, 3.63) is 29.3 Å². The minimum absolute atomic E-state index is 0.198. The molecule has 0 saturated heterocycles. The second-order valence-electron chi connectivity index (χ2n) is 2.73. The van der Waals surface area contributed by atoms with Gasteiger partial charge in [-0.05, 0) is 23.8 Å². The third-order valence-electron chi connectivity index (χ3n) is 1.91. The van der Waals surface area contributed by atoms with Gasteiger partial charge in [-0.25, -0.2) is 4.79 Å². The average molecular weight is 164 g/mol. The van der Waals surface area contributed by atoms with Crippen LogP contribution in [0.5, 0.6) is 5.75 Å². The van der Waals surface area contributed by atoms with E-state index in [1.807, 2.05) is 0 Å². The zero-order valence-electron chi connectivity index (χ0n) is 6.41. The van der Waals surface area contributed by atoms with Crippen LogP contribution in [0, 0.1) is 0 Å². The van der Waals surface area contributed by atoms with Gasteiger partial charge >= 0.3 is 5.97 Å². The summed E-state index contributed by atoms with van der Waals surface area (Å²) in [7, 11) is 0. The third kappa shape index (κ3) is 1.03. The number of esters is 1. The molecule has 1 aromatic rings. The van der Waals surface area contributed by atoms with Crippen molar-refractivity contribution in [2.24, 2.45) is 0 Å². The number of rotatable bonds is 0. The first kappa shape index (κ1) is 7.16. The van der Waals surface area contributed by atoms with E-state index < -0.39 is 0 Å². The van der Waals surface area contributed by atoms with E-state index >= 15 is 0 Å². The molecule has 0 saturated carbocycles. The van der Waals surface area contributed by atoms with Crippen LogP contribution in [-0.4, -0.2) is 17.7 Å². The number of carbonyl (C=O) groups excluding carboxylic acids is 1.